The number of aromatic nitrogens is 1. The van der Waals surface area contributed by atoms with Gasteiger partial charge >= 0.3 is 0 Å². The van der Waals surface area contributed by atoms with Gasteiger partial charge in [-0.1, -0.05) is 0 Å². The number of anilines is 1. The fourth-order valence-electron chi connectivity index (χ4n) is 2.82. The van der Waals surface area contributed by atoms with Crippen molar-refractivity contribution in [1.82, 2.24) is 4.98 Å². The normalized spacial score (nSPS) is 14.5. The highest BCUT2D eigenvalue weighted by atomic mass is 32.1. The number of hydrogen-bond acceptors (Lipinski definition) is 8. The Morgan fingerprint density at radius 2 is 1.70 bits per heavy atom. The first-order valence-corrected chi connectivity index (χ1v) is 9.27. The van der Waals surface area contributed by atoms with E-state index in [4.69, 9.17) is 18.9 Å². The maximum atomic E-state index is 5.63. The van der Waals surface area contributed by atoms with Crippen molar-refractivity contribution in [2.75, 3.05) is 25.4 Å². The molecule has 7 nitrogen and oxygen atoms in total. The Labute approximate surface area is 159 Å². The van der Waals surface area contributed by atoms with Gasteiger partial charge in [0.25, 0.3) is 0 Å². The number of ether oxygens (including phenoxy) is 4. The zero-order valence-electron chi connectivity index (χ0n) is 14.2. The second-order valence-corrected chi connectivity index (χ2v) is 6.74. The van der Waals surface area contributed by atoms with Crippen LogP contribution in [-0.2, 0) is 0 Å². The molecule has 2 aliphatic rings. The van der Waals surface area contributed by atoms with Crippen LogP contribution in [0.2, 0.25) is 0 Å². The molecular weight excluding hydrogens is 366 g/mol. The van der Waals surface area contributed by atoms with E-state index in [0.717, 1.165) is 39.8 Å². The van der Waals surface area contributed by atoms with Gasteiger partial charge in [0.1, 0.15) is 13.2 Å². The Morgan fingerprint density at radius 3 is 2.67 bits per heavy atom. The van der Waals surface area contributed by atoms with Crippen molar-refractivity contribution in [3.05, 3.63) is 47.3 Å². The lowest BCUT2D eigenvalue weighted by Gasteiger charge is -2.18. The van der Waals surface area contributed by atoms with Crippen molar-refractivity contribution < 1.29 is 18.9 Å². The van der Waals surface area contributed by atoms with Crippen LogP contribution in [0.25, 0.3) is 11.3 Å². The largest absolute Gasteiger partial charge is 0.486 e. The predicted molar refractivity (Wildman–Crippen MR) is 102 cm³/mol. The van der Waals surface area contributed by atoms with Crippen LogP contribution in [0.15, 0.2) is 46.9 Å². The molecule has 0 radical (unpaired) electrons. The molecule has 3 heterocycles. The van der Waals surface area contributed by atoms with Crippen LogP contribution in [-0.4, -0.2) is 31.2 Å². The van der Waals surface area contributed by atoms with Gasteiger partial charge in [-0.3, -0.25) is 5.43 Å². The molecule has 2 aliphatic heterocycles. The Bertz CT molecular complexity index is 1020. The van der Waals surface area contributed by atoms with E-state index >= 15 is 0 Å². The highest BCUT2D eigenvalue weighted by Gasteiger charge is 2.14. The van der Waals surface area contributed by atoms with Gasteiger partial charge < -0.3 is 18.9 Å². The molecule has 0 aliphatic carbocycles. The molecule has 0 saturated carbocycles. The van der Waals surface area contributed by atoms with Gasteiger partial charge in [-0.05, 0) is 42.0 Å². The van der Waals surface area contributed by atoms with Gasteiger partial charge in [0.2, 0.25) is 11.9 Å². The summed E-state index contributed by atoms with van der Waals surface area (Å²) in [6.45, 7) is 1.41. The number of rotatable bonds is 4. The van der Waals surface area contributed by atoms with E-state index in [1.54, 1.807) is 6.21 Å². The van der Waals surface area contributed by atoms with Crippen molar-refractivity contribution in [3.8, 4) is 34.3 Å². The maximum Gasteiger partial charge on any atom is 0.231 e. The number of thiazole rings is 1. The van der Waals surface area contributed by atoms with E-state index in [9.17, 15) is 0 Å². The van der Waals surface area contributed by atoms with Crippen LogP contribution < -0.4 is 24.4 Å². The second-order valence-electron chi connectivity index (χ2n) is 5.88. The van der Waals surface area contributed by atoms with Crippen LogP contribution in [0.3, 0.4) is 0 Å². The summed E-state index contributed by atoms with van der Waals surface area (Å²) in [5, 5.41) is 6.93. The minimum absolute atomic E-state index is 0.260. The van der Waals surface area contributed by atoms with Crippen LogP contribution >= 0.6 is 11.3 Å². The summed E-state index contributed by atoms with van der Waals surface area (Å²) >= 11 is 1.48. The summed E-state index contributed by atoms with van der Waals surface area (Å²) in [6.07, 6.45) is 1.72. The molecule has 1 aromatic heterocycles. The lowest BCUT2D eigenvalue weighted by molar-refractivity contribution is 0.171. The highest BCUT2D eigenvalue weighted by molar-refractivity contribution is 7.14. The SMILES string of the molecule is C(=NNc1nc(-c2ccc3c(c2)OCCO3)cs1)c1ccc2c(c1)OCO2. The summed E-state index contributed by atoms with van der Waals surface area (Å²) in [5.41, 5.74) is 5.71. The molecule has 2 aromatic carbocycles. The van der Waals surface area contributed by atoms with Gasteiger partial charge in [0.05, 0.1) is 11.9 Å². The molecule has 1 N–H and O–H groups in total. The fraction of sp³-hybridized carbons (Fsp3) is 0.158. The van der Waals surface area contributed by atoms with E-state index in [0.29, 0.717) is 18.3 Å². The smallest absolute Gasteiger partial charge is 0.231 e. The Morgan fingerprint density at radius 1 is 0.926 bits per heavy atom. The molecule has 0 fully saturated rings. The molecule has 3 aromatic rings. The van der Waals surface area contributed by atoms with Crippen LogP contribution in [0.1, 0.15) is 5.56 Å². The van der Waals surface area contributed by atoms with Gasteiger partial charge in [0, 0.05) is 10.9 Å². The van der Waals surface area contributed by atoms with Gasteiger partial charge in [0.15, 0.2) is 23.0 Å². The molecule has 5 rings (SSSR count). The number of benzene rings is 2. The zero-order valence-corrected chi connectivity index (χ0v) is 15.0. The minimum atomic E-state index is 0.260. The standard InChI is InChI=1S/C19H15N3O4S/c1-3-16-17(26-11-25-16)7-12(1)9-20-22-19-21-14(10-27-19)13-2-4-15-18(8-13)24-6-5-23-15/h1-4,7-10H,5-6,11H2,(H,21,22). The van der Waals surface area contributed by atoms with E-state index in [1.807, 2.05) is 41.8 Å². The molecule has 136 valence electrons. The van der Waals surface area contributed by atoms with Crippen molar-refractivity contribution in [1.29, 1.82) is 0 Å². The van der Waals surface area contributed by atoms with Crippen LogP contribution in [0.5, 0.6) is 23.0 Å². The van der Waals surface area contributed by atoms with Crippen molar-refractivity contribution in [3.63, 3.8) is 0 Å². The quantitative estimate of drug-likeness (QED) is 0.548. The fourth-order valence-corrected chi connectivity index (χ4v) is 3.48. The van der Waals surface area contributed by atoms with E-state index in [1.165, 1.54) is 11.3 Å². The zero-order chi connectivity index (χ0) is 18.1. The Hall–Kier alpha value is -3.26. The number of nitrogens with zero attached hydrogens (tertiary/aromatic N) is 2. The summed E-state index contributed by atoms with van der Waals surface area (Å²) in [5.74, 6) is 3.01. The Kier molecular flexibility index (Phi) is 4.02. The van der Waals surface area contributed by atoms with Gasteiger partial charge in [-0.25, -0.2) is 4.98 Å². The summed E-state index contributed by atoms with van der Waals surface area (Å²) in [7, 11) is 0. The summed E-state index contributed by atoms with van der Waals surface area (Å²) in [6, 6.07) is 11.5. The summed E-state index contributed by atoms with van der Waals surface area (Å²) < 4.78 is 21.8. The third-order valence-corrected chi connectivity index (χ3v) is 4.86. The molecule has 0 atom stereocenters. The Balaban J connectivity index is 1.28. The first-order valence-electron chi connectivity index (χ1n) is 8.39. The second kappa shape index (κ2) is 6.81. The molecule has 0 spiro atoms. The predicted octanol–water partition coefficient (Wildman–Crippen LogP) is 3.76. The molecular formula is C19H15N3O4S. The number of hydrazone groups is 1. The van der Waals surface area contributed by atoms with E-state index in [2.05, 4.69) is 15.5 Å². The maximum absolute atomic E-state index is 5.63. The molecule has 0 bridgehead atoms. The van der Waals surface area contributed by atoms with Crippen LogP contribution in [0, 0.1) is 0 Å². The van der Waals surface area contributed by atoms with Crippen molar-refractivity contribution in [2.24, 2.45) is 5.10 Å². The number of nitrogens with one attached hydrogen (secondary N) is 1. The number of fused-ring (bicyclic) bond motifs is 2. The third kappa shape index (κ3) is 3.26. The van der Waals surface area contributed by atoms with Crippen molar-refractivity contribution >= 4 is 22.7 Å². The van der Waals surface area contributed by atoms with Gasteiger partial charge in [-0.15, -0.1) is 11.3 Å². The first-order chi connectivity index (χ1) is 13.3. The lowest BCUT2D eigenvalue weighted by atomic mass is 10.1. The van der Waals surface area contributed by atoms with Crippen molar-refractivity contribution in [2.45, 2.75) is 0 Å². The van der Waals surface area contributed by atoms with E-state index < -0.39 is 0 Å². The molecule has 8 heteroatoms. The topological polar surface area (TPSA) is 74.2 Å². The average Bonchev–Trinajstić information content (AvgIpc) is 3.37. The number of hydrogen-bond donors (Lipinski definition) is 1. The lowest BCUT2D eigenvalue weighted by Crippen LogP contribution is -2.15. The minimum Gasteiger partial charge on any atom is -0.486 e. The monoisotopic (exact) mass is 381 g/mol. The van der Waals surface area contributed by atoms with E-state index in [-0.39, 0.29) is 6.79 Å². The van der Waals surface area contributed by atoms with Crippen LogP contribution in [0.4, 0.5) is 5.13 Å². The average molecular weight is 381 g/mol. The first kappa shape index (κ1) is 16.0. The summed E-state index contributed by atoms with van der Waals surface area (Å²) in [4.78, 5) is 4.57. The molecule has 0 unspecified atom stereocenters. The molecule has 0 saturated heterocycles. The molecule has 27 heavy (non-hydrogen) atoms. The third-order valence-electron chi connectivity index (χ3n) is 4.11. The van der Waals surface area contributed by atoms with Gasteiger partial charge in [-0.2, -0.15) is 5.10 Å². The highest BCUT2D eigenvalue weighted by Crippen LogP contribution is 2.35. The molecule has 0 amide bonds.